The van der Waals surface area contributed by atoms with Crippen LogP contribution < -0.4 is 5.32 Å². The molecule has 1 unspecified atom stereocenters. The van der Waals surface area contributed by atoms with E-state index >= 15 is 0 Å². The number of amides is 1. The monoisotopic (exact) mass is 461 g/mol. The first-order valence-corrected chi connectivity index (χ1v) is 11.2. The first-order chi connectivity index (χ1) is 13.5. The van der Waals surface area contributed by atoms with Crippen LogP contribution in [0.4, 0.5) is 5.00 Å². The summed E-state index contributed by atoms with van der Waals surface area (Å²) in [7, 11) is 0. The summed E-state index contributed by atoms with van der Waals surface area (Å²) in [6.45, 7) is 4.31. The average Bonchev–Trinajstić information content (AvgIpc) is 3.04. The molecule has 3 rings (SSSR count). The van der Waals surface area contributed by atoms with E-state index in [1.54, 1.807) is 13.0 Å². The van der Waals surface area contributed by atoms with Crippen molar-refractivity contribution in [2.45, 2.75) is 39.5 Å². The highest BCUT2D eigenvalue weighted by atomic mass is 79.9. The Morgan fingerprint density at radius 2 is 2.04 bits per heavy atom. The summed E-state index contributed by atoms with van der Waals surface area (Å²) in [5, 5.41) is 3.51. The maximum atomic E-state index is 12.6. The van der Waals surface area contributed by atoms with E-state index in [4.69, 9.17) is 4.74 Å². The van der Waals surface area contributed by atoms with Crippen molar-refractivity contribution >= 4 is 50.2 Å². The van der Waals surface area contributed by atoms with Crippen LogP contribution in [0, 0.1) is 5.92 Å². The lowest BCUT2D eigenvalue weighted by Gasteiger charge is -2.20. The standard InChI is InChI=1S/C22H24BrNO3S/c1-3-14-7-11-17-18(13-14)28-21(20(17)22(26)27-4-2)24-19(25)12-8-15-5-9-16(23)10-6-15/h5-6,8-10,12,14H,3-4,7,11,13H2,1-2H3,(H,24,25)/b12-8+. The molecule has 1 aliphatic carbocycles. The summed E-state index contributed by atoms with van der Waals surface area (Å²) in [4.78, 5) is 26.2. The minimum Gasteiger partial charge on any atom is -0.462 e. The maximum absolute atomic E-state index is 12.6. The summed E-state index contributed by atoms with van der Waals surface area (Å²) in [5.41, 5.74) is 2.53. The summed E-state index contributed by atoms with van der Waals surface area (Å²) in [6, 6.07) is 7.70. The maximum Gasteiger partial charge on any atom is 0.341 e. The van der Waals surface area contributed by atoms with E-state index in [2.05, 4.69) is 28.2 Å². The SMILES string of the molecule is CCOC(=O)c1c(NC(=O)/C=C/c2ccc(Br)cc2)sc2c1CCC(CC)C2. The topological polar surface area (TPSA) is 55.4 Å². The fraction of sp³-hybridized carbons (Fsp3) is 0.364. The van der Waals surface area contributed by atoms with E-state index < -0.39 is 0 Å². The van der Waals surface area contributed by atoms with Crippen molar-refractivity contribution in [3.05, 3.63) is 56.4 Å². The van der Waals surface area contributed by atoms with Crippen LogP contribution in [0.1, 0.15) is 53.1 Å². The molecule has 0 radical (unpaired) electrons. The van der Waals surface area contributed by atoms with Crippen LogP contribution >= 0.6 is 27.3 Å². The number of hydrogen-bond acceptors (Lipinski definition) is 4. The van der Waals surface area contributed by atoms with E-state index in [1.807, 2.05) is 24.3 Å². The summed E-state index contributed by atoms with van der Waals surface area (Å²) < 4.78 is 6.25. The molecule has 1 aliphatic rings. The molecule has 28 heavy (non-hydrogen) atoms. The molecule has 1 heterocycles. The van der Waals surface area contributed by atoms with Gasteiger partial charge in [0.05, 0.1) is 12.2 Å². The fourth-order valence-corrected chi connectivity index (χ4v) is 5.03. The van der Waals surface area contributed by atoms with Gasteiger partial charge in [0.25, 0.3) is 0 Å². The van der Waals surface area contributed by atoms with Crippen LogP contribution in [-0.4, -0.2) is 18.5 Å². The van der Waals surface area contributed by atoms with Crippen LogP contribution in [0.25, 0.3) is 6.08 Å². The van der Waals surface area contributed by atoms with Crippen molar-refractivity contribution in [3.8, 4) is 0 Å². The Bertz CT molecular complexity index is 886. The van der Waals surface area contributed by atoms with Crippen LogP contribution in [0.2, 0.25) is 0 Å². The fourth-order valence-electron chi connectivity index (χ4n) is 3.41. The van der Waals surface area contributed by atoms with Gasteiger partial charge in [-0.25, -0.2) is 4.79 Å². The lowest BCUT2D eigenvalue weighted by atomic mass is 9.85. The number of rotatable bonds is 6. The minimum absolute atomic E-state index is 0.251. The Labute approximate surface area is 178 Å². The number of fused-ring (bicyclic) bond motifs is 1. The van der Waals surface area contributed by atoms with Crippen molar-refractivity contribution in [3.63, 3.8) is 0 Å². The number of halogens is 1. The van der Waals surface area contributed by atoms with E-state index in [1.165, 1.54) is 22.3 Å². The molecule has 0 saturated carbocycles. The third kappa shape index (κ3) is 4.92. The quantitative estimate of drug-likeness (QED) is 0.433. The Balaban J connectivity index is 1.82. The second kappa shape index (κ2) is 9.52. The molecule has 0 fully saturated rings. The van der Waals surface area contributed by atoms with Crippen LogP contribution in [0.3, 0.4) is 0 Å². The molecule has 1 atom stereocenters. The molecule has 0 saturated heterocycles. The predicted molar refractivity (Wildman–Crippen MR) is 118 cm³/mol. The highest BCUT2D eigenvalue weighted by Gasteiger charge is 2.29. The Hall–Kier alpha value is -1.92. The number of anilines is 1. The van der Waals surface area contributed by atoms with E-state index in [-0.39, 0.29) is 11.9 Å². The van der Waals surface area contributed by atoms with Crippen LogP contribution in [0.15, 0.2) is 34.8 Å². The first-order valence-electron chi connectivity index (χ1n) is 9.58. The van der Waals surface area contributed by atoms with Gasteiger partial charge in [-0.3, -0.25) is 4.79 Å². The molecular formula is C22H24BrNO3S. The van der Waals surface area contributed by atoms with Gasteiger partial charge in [-0.1, -0.05) is 41.4 Å². The number of carbonyl (C=O) groups is 2. The zero-order valence-corrected chi connectivity index (χ0v) is 18.5. The molecule has 2 aromatic rings. The van der Waals surface area contributed by atoms with E-state index in [0.717, 1.165) is 41.3 Å². The van der Waals surface area contributed by atoms with Crippen LogP contribution in [0.5, 0.6) is 0 Å². The van der Waals surface area contributed by atoms with Gasteiger partial charge < -0.3 is 10.1 Å². The molecule has 1 aromatic heterocycles. The minimum atomic E-state index is -0.345. The van der Waals surface area contributed by atoms with Crippen molar-refractivity contribution in [2.24, 2.45) is 5.92 Å². The second-order valence-corrected chi connectivity index (χ2v) is 8.84. The zero-order chi connectivity index (χ0) is 20.1. The number of thiophene rings is 1. The molecule has 1 aromatic carbocycles. The summed E-state index contributed by atoms with van der Waals surface area (Å²) in [5.74, 6) is 0.0447. The number of ether oxygens (including phenoxy) is 1. The summed E-state index contributed by atoms with van der Waals surface area (Å²) >= 11 is 4.91. The van der Waals surface area contributed by atoms with Gasteiger partial charge in [0.2, 0.25) is 5.91 Å². The smallest absolute Gasteiger partial charge is 0.341 e. The highest BCUT2D eigenvalue weighted by Crippen LogP contribution is 2.40. The predicted octanol–water partition coefficient (Wildman–Crippen LogP) is 5.85. The van der Waals surface area contributed by atoms with E-state index in [0.29, 0.717) is 23.1 Å². The second-order valence-electron chi connectivity index (χ2n) is 6.82. The van der Waals surface area contributed by atoms with Gasteiger partial charge in [0.15, 0.2) is 0 Å². The Kier molecular flexibility index (Phi) is 7.08. The molecule has 1 amide bonds. The summed E-state index contributed by atoms with van der Waals surface area (Å²) in [6.07, 6.45) is 7.28. The molecule has 4 nitrogen and oxygen atoms in total. The van der Waals surface area contributed by atoms with Gasteiger partial charge in [0, 0.05) is 15.4 Å². The molecular weight excluding hydrogens is 438 g/mol. The van der Waals surface area contributed by atoms with Gasteiger partial charge in [0.1, 0.15) is 5.00 Å². The third-order valence-corrected chi connectivity index (χ3v) is 6.66. The van der Waals surface area contributed by atoms with Crippen molar-refractivity contribution < 1.29 is 14.3 Å². The van der Waals surface area contributed by atoms with Gasteiger partial charge >= 0.3 is 5.97 Å². The Morgan fingerprint density at radius 3 is 2.71 bits per heavy atom. The van der Waals surface area contributed by atoms with Crippen molar-refractivity contribution in [2.75, 3.05) is 11.9 Å². The largest absolute Gasteiger partial charge is 0.462 e. The number of carbonyl (C=O) groups excluding carboxylic acids is 2. The normalized spacial score (nSPS) is 16.0. The zero-order valence-electron chi connectivity index (χ0n) is 16.1. The molecule has 0 aliphatic heterocycles. The molecule has 6 heteroatoms. The lowest BCUT2D eigenvalue weighted by molar-refractivity contribution is -0.111. The number of esters is 1. The van der Waals surface area contributed by atoms with Crippen molar-refractivity contribution in [1.29, 1.82) is 0 Å². The van der Waals surface area contributed by atoms with Crippen LogP contribution in [-0.2, 0) is 22.4 Å². The van der Waals surface area contributed by atoms with Gasteiger partial charge in [-0.2, -0.15) is 0 Å². The van der Waals surface area contributed by atoms with Gasteiger partial charge in [-0.15, -0.1) is 11.3 Å². The third-order valence-electron chi connectivity index (χ3n) is 4.96. The van der Waals surface area contributed by atoms with Crippen molar-refractivity contribution in [1.82, 2.24) is 0 Å². The molecule has 0 bridgehead atoms. The molecule has 0 spiro atoms. The average molecular weight is 462 g/mol. The highest BCUT2D eigenvalue weighted by molar-refractivity contribution is 9.10. The van der Waals surface area contributed by atoms with Gasteiger partial charge in [-0.05, 0) is 61.4 Å². The van der Waals surface area contributed by atoms with E-state index in [9.17, 15) is 9.59 Å². The number of benzene rings is 1. The lowest BCUT2D eigenvalue weighted by Crippen LogP contribution is -2.16. The Morgan fingerprint density at radius 1 is 1.29 bits per heavy atom. The first kappa shape index (κ1) is 20.8. The molecule has 148 valence electrons. The number of nitrogens with one attached hydrogen (secondary N) is 1. The number of hydrogen-bond donors (Lipinski definition) is 1. The molecule has 1 N–H and O–H groups in total.